The number of rotatable bonds is 4. The molecular weight excluding hydrogens is 248 g/mol. The van der Waals surface area contributed by atoms with Crippen LogP contribution >= 0.6 is 0 Å². The Morgan fingerprint density at radius 2 is 0.750 bits per heavy atom. The van der Waals surface area contributed by atoms with E-state index in [9.17, 15) is 0 Å². The van der Waals surface area contributed by atoms with Crippen molar-refractivity contribution in [3.63, 3.8) is 0 Å². The van der Waals surface area contributed by atoms with Gasteiger partial charge in [-0.25, -0.2) is 0 Å². The Morgan fingerprint density at radius 1 is 0.400 bits per heavy atom. The molecule has 20 heavy (non-hydrogen) atoms. The molecule has 0 aliphatic heterocycles. The minimum atomic E-state index is 0.397. The molecule has 0 aromatic rings. The van der Waals surface area contributed by atoms with E-state index >= 15 is 0 Å². The summed E-state index contributed by atoms with van der Waals surface area (Å²) in [7, 11) is 0. The molecule has 2 atom stereocenters. The zero-order valence-electron chi connectivity index (χ0n) is 13.0. The molecule has 3 rings (SSSR count). The van der Waals surface area contributed by atoms with Crippen LogP contribution in [0.1, 0.15) is 89.9 Å². The summed E-state index contributed by atoms with van der Waals surface area (Å²) in [5.74, 6) is 0. The lowest BCUT2D eigenvalue weighted by Gasteiger charge is -2.38. The summed E-state index contributed by atoms with van der Waals surface area (Å²) in [6, 6.07) is 0. The van der Waals surface area contributed by atoms with E-state index in [0.717, 1.165) is 0 Å². The van der Waals surface area contributed by atoms with Gasteiger partial charge in [0.25, 0.3) is 0 Å². The SMILES string of the molecule is C1CCC(O[C@@H]2CCCC[C@H]2OC2CCCCC2)CC1. The fourth-order valence-electron chi connectivity index (χ4n) is 4.27. The minimum Gasteiger partial charge on any atom is -0.372 e. The fraction of sp³-hybridized carbons (Fsp3) is 1.00. The van der Waals surface area contributed by atoms with Crippen LogP contribution in [-0.4, -0.2) is 24.4 Å². The van der Waals surface area contributed by atoms with Gasteiger partial charge in [-0.05, 0) is 38.5 Å². The highest BCUT2D eigenvalue weighted by Crippen LogP contribution is 2.31. The molecule has 0 N–H and O–H groups in total. The zero-order chi connectivity index (χ0) is 13.6. The van der Waals surface area contributed by atoms with Crippen molar-refractivity contribution in [2.75, 3.05) is 0 Å². The van der Waals surface area contributed by atoms with Gasteiger partial charge in [0.15, 0.2) is 0 Å². The molecule has 2 nitrogen and oxygen atoms in total. The zero-order valence-corrected chi connectivity index (χ0v) is 13.0. The summed E-state index contributed by atoms with van der Waals surface area (Å²) in [6.45, 7) is 0. The van der Waals surface area contributed by atoms with Crippen molar-refractivity contribution in [3.8, 4) is 0 Å². The maximum atomic E-state index is 6.46. The lowest BCUT2D eigenvalue weighted by molar-refractivity contribution is -0.148. The Labute approximate surface area is 124 Å². The second-order valence-electron chi connectivity index (χ2n) is 7.15. The van der Waals surface area contributed by atoms with E-state index in [1.165, 1.54) is 89.9 Å². The molecule has 0 bridgehead atoms. The first kappa shape index (κ1) is 14.8. The molecule has 116 valence electrons. The number of hydrogen-bond donors (Lipinski definition) is 0. The van der Waals surface area contributed by atoms with Crippen molar-refractivity contribution in [1.82, 2.24) is 0 Å². The van der Waals surface area contributed by atoms with Crippen LogP contribution in [0.25, 0.3) is 0 Å². The van der Waals surface area contributed by atoms with Gasteiger partial charge in [0, 0.05) is 0 Å². The third-order valence-corrected chi connectivity index (χ3v) is 5.48. The maximum Gasteiger partial charge on any atom is 0.0840 e. The Hall–Kier alpha value is -0.0800. The molecule has 3 aliphatic carbocycles. The molecule has 0 amide bonds. The van der Waals surface area contributed by atoms with Crippen molar-refractivity contribution in [2.45, 2.75) is 114 Å². The van der Waals surface area contributed by atoms with Gasteiger partial charge >= 0.3 is 0 Å². The van der Waals surface area contributed by atoms with Gasteiger partial charge in [0.1, 0.15) is 0 Å². The minimum absolute atomic E-state index is 0.397. The summed E-state index contributed by atoms with van der Waals surface area (Å²) in [4.78, 5) is 0. The largest absolute Gasteiger partial charge is 0.372 e. The molecule has 0 heterocycles. The third-order valence-electron chi connectivity index (χ3n) is 5.48. The molecule has 0 aromatic heterocycles. The van der Waals surface area contributed by atoms with E-state index in [1.54, 1.807) is 0 Å². The predicted molar refractivity (Wildman–Crippen MR) is 82.0 cm³/mol. The fourth-order valence-corrected chi connectivity index (χ4v) is 4.27. The normalized spacial score (nSPS) is 34.2. The lowest BCUT2D eigenvalue weighted by Crippen LogP contribution is -2.40. The number of hydrogen-bond acceptors (Lipinski definition) is 2. The van der Waals surface area contributed by atoms with Crippen LogP contribution in [0, 0.1) is 0 Å². The molecule has 3 fully saturated rings. The van der Waals surface area contributed by atoms with Crippen molar-refractivity contribution in [2.24, 2.45) is 0 Å². The summed E-state index contributed by atoms with van der Waals surface area (Å²) < 4.78 is 12.9. The van der Waals surface area contributed by atoms with Gasteiger partial charge in [-0.15, -0.1) is 0 Å². The van der Waals surface area contributed by atoms with Crippen LogP contribution in [-0.2, 0) is 9.47 Å². The summed E-state index contributed by atoms with van der Waals surface area (Å²) in [5.41, 5.74) is 0. The van der Waals surface area contributed by atoms with Crippen molar-refractivity contribution in [3.05, 3.63) is 0 Å². The highest BCUT2D eigenvalue weighted by atomic mass is 16.6. The van der Waals surface area contributed by atoms with E-state index in [2.05, 4.69) is 0 Å². The average Bonchev–Trinajstić information content (AvgIpc) is 2.51. The van der Waals surface area contributed by atoms with Gasteiger partial charge in [0.2, 0.25) is 0 Å². The lowest BCUT2D eigenvalue weighted by atomic mass is 9.91. The first-order valence-electron chi connectivity index (χ1n) is 9.23. The second kappa shape index (κ2) is 7.79. The van der Waals surface area contributed by atoms with Crippen LogP contribution in [0.3, 0.4) is 0 Å². The van der Waals surface area contributed by atoms with E-state index < -0.39 is 0 Å². The first-order chi connectivity index (χ1) is 9.92. The summed E-state index contributed by atoms with van der Waals surface area (Å²) >= 11 is 0. The first-order valence-corrected chi connectivity index (χ1v) is 9.23. The Bertz CT molecular complexity index is 239. The third kappa shape index (κ3) is 4.21. The van der Waals surface area contributed by atoms with E-state index in [0.29, 0.717) is 24.4 Å². The molecule has 0 radical (unpaired) electrons. The molecular formula is C18H32O2. The van der Waals surface area contributed by atoms with Crippen LogP contribution in [0.15, 0.2) is 0 Å². The second-order valence-corrected chi connectivity index (χ2v) is 7.15. The monoisotopic (exact) mass is 280 g/mol. The van der Waals surface area contributed by atoms with Gasteiger partial charge in [-0.1, -0.05) is 51.4 Å². The van der Waals surface area contributed by atoms with Crippen molar-refractivity contribution < 1.29 is 9.47 Å². The standard InChI is InChI=1S/C18H32O2/c1-3-9-15(10-4-1)19-17-13-7-8-14-18(17)20-16-11-5-2-6-12-16/h15-18H,1-14H2/t17-,18-/m1/s1. The molecule has 0 aromatic carbocycles. The van der Waals surface area contributed by atoms with Crippen molar-refractivity contribution in [1.29, 1.82) is 0 Å². The van der Waals surface area contributed by atoms with Crippen molar-refractivity contribution >= 4 is 0 Å². The molecule has 3 saturated carbocycles. The van der Waals surface area contributed by atoms with Crippen LogP contribution in [0.5, 0.6) is 0 Å². The molecule has 0 spiro atoms. The van der Waals surface area contributed by atoms with E-state index in [1.807, 2.05) is 0 Å². The maximum absolute atomic E-state index is 6.46. The highest BCUT2D eigenvalue weighted by molar-refractivity contribution is 4.81. The van der Waals surface area contributed by atoms with E-state index in [4.69, 9.17) is 9.47 Å². The van der Waals surface area contributed by atoms with Crippen LogP contribution in [0.2, 0.25) is 0 Å². The smallest absolute Gasteiger partial charge is 0.0840 e. The molecule has 3 aliphatic rings. The Balaban J connectivity index is 1.49. The van der Waals surface area contributed by atoms with Gasteiger partial charge in [0.05, 0.1) is 24.4 Å². The van der Waals surface area contributed by atoms with E-state index in [-0.39, 0.29) is 0 Å². The van der Waals surface area contributed by atoms with Crippen LogP contribution < -0.4 is 0 Å². The highest BCUT2D eigenvalue weighted by Gasteiger charge is 2.31. The number of ether oxygens (including phenoxy) is 2. The Kier molecular flexibility index (Phi) is 5.78. The Morgan fingerprint density at radius 3 is 1.15 bits per heavy atom. The summed E-state index contributed by atoms with van der Waals surface area (Å²) in [5, 5.41) is 0. The average molecular weight is 280 g/mol. The topological polar surface area (TPSA) is 18.5 Å². The van der Waals surface area contributed by atoms with Gasteiger partial charge in [-0.3, -0.25) is 0 Å². The van der Waals surface area contributed by atoms with Gasteiger partial charge in [-0.2, -0.15) is 0 Å². The summed E-state index contributed by atoms with van der Waals surface area (Å²) in [6.07, 6.45) is 20.4. The van der Waals surface area contributed by atoms with Gasteiger partial charge < -0.3 is 9.47 Å². The molecule has 0 saturated heterocycles. The molecule has 2 heteroatoms. The quantitative estimate of drug-likeness (QED) is 0.721. The van der Waals surface area contributed by atoms with Crippen LogP contribution in [0.4, 0.5) is 0 Å². The predicted octanol–water partition coefficient (Wildman–Crippen LogP) is 5.00. The molecule has 0 unspecified atom stereocenters.